The molecule has 7 nitrogen and oxygen atoms in total. The standard InChI is InChI=1S/C10H9ClN6O/c1-3-15-16-10-14-8(11)7-5(17(3)10)2-4(12)6(7)9(13)18/h2,12H2,1H3,(H2,13,18). The van der Waals surface area contributed by atoms with Crippen LogP contribution in [0.5, 0.6) is 0 Å². The number of amides is 1. The van der Waals surface area contributed by atoms with E-state index >= 15 is 0 Å². The Kier molecular flexibility index (Phi) is 2.09. The highest BCUT2D eigenvalue weighted by Gasteiger charge is 2.30. The van der Waals surface area contributed by atoms with Crippen molar-refractivity contribution in [3.8, 4) is 0 Å². The second kappa shape index (κ2) is 3.42. The van der Waals surface area contributed by atoms with Gasteiger partial charge in [0, 0.05) is 23.4 Å². The molecule has 0 bridgehead atoms. The minimum atomic E-state index is -0.611. The molecule has 0 radical (unpaired) electrons. The summed E-state index contributed by atoms with van der Waals surface area (Å²) in [5.41, 5.74) is 13.0. The van der Waals surface area contributed by atoms with Crippen molar-refractivity contribution < 1.29 is 4.79 Å². The van der Waals surface area contributed by atoms with Gasteiger partial charge >= 0.3 is 0 Å². The molecule has 0 aromatic carbocycles. The third-order valence-corrected chi connectivity index (χ3v) is 3.22. The van der Waals surface area contributed by atoms with Crippen LogP contribution in [-0.4, -0.2) is 25.5 Å². The van der Waals surface area contributed by atoms with E-state index in [9.17, 15) is 4.79 Å². The molecule has 0 spiro atoms. The molecule has 2 aromatic heterocycles. The molecule has 4 N–H and O–H groups in total. The molecule has 0 atom stereocenters. The van der Waals surface area contributed by atoms with E-state index in [0.29, 0.717) is 29.3 Å². The van der Waals surface area contributed by atoms with Gasteiger partial charge in [0.15, 0.2) is 0 Å². The number of primary amides is 1. The Morgan fingerprint density at radius 1 is 1.44 bits per heavy atom. The number of rotatable bonds is 1. The predicted molar refractivity (Wildman–Crippen MR) is 64.5 cm³/mol. The quantitative estimate of drug-likeness (QED) is 0.693. The largest absolute Gasteiger partial charge is 0.401 e. The zero-order valence-corrected chi connectivity index (χ0v) is 10.2. The first-order valence-electron chi connectivity index (χ1n) is 5.19. The van der Waals surface area contributed by atoms with E-state index in [2.05, 4.69) is 15.2 Å². The maximum atomic E-state index is 11.4. The van der Waals surface area contributed by atoms with Crippen LogP contribution >= 0.6 is 11.6 Å². The molecule has 8 heteroatoms. The molecule has 3 rings (SSSR count). The van der Waals surface area contributed by atoms with E-state index in [-0.39, 0.29) is 10.7 Å². The number of aryl methyl sites for hydroxylation is 1. The van der Waals surface area contributed by atoms with Gasteiger partial charge in [-0.3, -0.25) is 9.20 Å². The lowest BCUT2D eigenvalue weighted by Gasteiger charge is -2.07. The van der Waals surface area contributed by atoms with Crippen molar-refractivity contribution in [3.63, 3.8) is 0 Å². The molecule has 2 aromatic rings. The third kappa shape index (κ3) is 1.25. The number of aromatic nitrogens is 4. The van der Waals surface area contributed by atoms with Crippen molar-refractivity contribution in [3.05, 3.63) is 27.9 Å². The van der Waals surface area contributed by atoms with Crippen LogP contribution in [0, 0.1) is 6.92 Å². The summed E-state index contributed by atoms with van der Waals surface area (Å²) in [5, 5.41) is 7.98. The van der Waals surface area contributed by atoms with Gasteiger partial charge in [-0.05, 0) is 6.92 Å². The van der Waals surface area contributed by atoms with E-state index in [1.807, 2.05) is 0 Å². The SMILES string of the molecule is Cc1nnc2nc(Cl)c3c(n12)CC(N)=C3C(N)=O. The molecule has 1 aliphatic rings. The lowest BCUT2D eigenvalue weighted by molar-refractivity contribution is -0.112. The molecular formula is C10H9ClN6O. The van der Waals surface area contributed by atoms with E-state index in [0.717, 1.165) is 5.69 Å². The number of carbonyl (C=O) groups excluding carboxylic acids is 1. The first-order chi connectivity index (χ1) is 8.50. The summed E-state index contributed by atoms with van der Waals surface area (Å²) in [5.74, 6) is 0.429. The highest BCUT2D eigenvalue weighted by Crippen LogP contribution is 2.35. The normalized spacial score (nSPS) is 14.3. The summed E-state index contributed by atoms with van der Waals surface area (Å²) in [6.45, 7) is 1.79. The van der Waals surface area contributed by atoms with Gasteiger partial charge < -0.3 is 11.5 Å². The minimum Gasteiger partial charge on any atom is -0.401 e. The van der Waals surface area contributed by atoms with Crippen LogP contribution < -0.4 is 11.5 Å². The average Bonchev–Trinajstić information content (AvgIpc) is 2.79. The Hall–Kier alpha value is -2.15. The van der Waals surface area contributed by atoms with Crippen LogP contribution in [-0.2, 0) is 11.2 Å². The predicted octanol–water partition coefficient (Wildman–Crippen LogP) is -0.203. The Balaban J connectivity index is 2.42. The molecule has 0 fully saturated rings. The lowest BCUT2D eigenvalue weighted by Crippen LogP contribution is -2.15. The summed E-state index contributed by atoms with van der Waals surface area (Å²) in [4.78, 5) is 15.5. The number of hydrogen-bond donors (Lipinski definition) is 2. The van der Waals surface area contributed by atoms with Crippen molar-refractivity contribution >= 4 is 28.9 Å². The topological polar surface area (TPSA) is 112 Å². The molecule has 92 valence electrons. The Morgan fingerprint density at radius 3 is 2.83 bits per heavy atom. The van der Waals surface area contributed by atoms with Crippen LogP contribution in [0.3, 0.4) is 0 Å². The summed E-state index contributed by atoms with van der Waals surface area (Å²) in [6.07, 6.45) is 0.380. The van der Waals surface area contributed by atoms with Crippen LogP contribution in [0.4, 0.5) is 0 Å². The zero-order valence-electron chi connectivity index (χ0n) is 9.44. The number of nitrogens with zero attached hydrogens (tertiary/aromatic N) is 4. The maximum absolute atomic E-state index is 11.4. The molecule has 0 unspecified atom stereocenters. The monoisotopic (exact) mass is 264 g/mol. The van der Waals surface area contributed by atoms with Gasteiger partial charge in [0.1, 0.15) is 11.0 Å². The molecule has 0 saturated heterocycles. The van der Waals surface area contributed by atoms with Crippen LogP contribution in [0.15, 0.2) is 5.70 Å². The fourth-order valence-corrected chi connectivity index (χ4v) is 2.52. The fourth-order valence-electron chi connectivity index (χ4n) is 2.24. The molecule has 18 heavy (non-hydrogen) atoms. The van der Waals surface area contributed by atoms with Crippen molar-refractivity contribution in [1.29, 1.82) is 0 Å². The Bertz CT molecular complexity index is 732. The second-order valence-corrected chi connectivity index (χ2v) is 4.41. The van der Waals surface area contributed by atoms with E-state index in [1.54, 1.807) is 11.3 Å². The van der Waals surface area contributed by atoms with Gasteiger partial charge in [-0.1, -0.05) is 11.6 Å². The number of hydrogen-bond acceptors (Lipinski definition) is 5. The highest BCUT2D eigenvalue weighted by atomic mass is 35.5. The maximum Gasteiger partial charge on any atom is 0.256 e. The van der Waals surface area contributed by atoms with E-state index in [1.165, 1.54) is 0 Å². The minimum absolute atomic E-state index is 0.166. The number of allylic oxidation sites excluding steroid dienone is 1. The van der Waals surface area contributed by atoms with Crippen molar-refractivity contribution in [2.24, 2.45) is 11.5 Å². The smallest absolute Gasteiger partial charge is 0.256 e. The van der Waals surface area contributed by atoms with Crippen molar-refractivity contribution in [2.75, 3.05) is 0 Å². The average molecular weight is 265 g/mol. The summed E-state index contributed by atoms with van der Waals surface area (Å²) >= 11 is 6.07. The molecular weight excluding hydrogens is 256 g/mol. The second-order valence-electron chi connectivity index (χ2n) is 4.05. The van der Waals surface area contributed by atoms with Crippen LogP contribution in [0.2, 0.25) is 5.15 Å². The van der Waals surface area contributed by atoms with E-state index in [4.69, 9.17) is 23.1 Å². The van der Waals surface area contributed by atoms with Gasteiger partial charge in [-0.15, -0.1) is 10.2 Å². The van der Waals surface area contributed by atoms with Gasteiger partial charge in [0.05, 0.1) is 5.57 Å². The molecule has 1 aliphatic carbocycles. The van der Waals surface area contributed by atoms with Gasteiger partial charge in [0.25, 0.3) is 11.7 Å². The van der Waals surface area contributed by atoms with Gasteiger partial charge in [-0.2, -0.15) is 4.98 Å². The number of nitrogens with two attached hydrogens (primary N) is 2. The summed E-state index contributed by atoms with van der Waals surface area (Å²) in [7, 11) is 0. The summed E-state index contributed by atoms with van der Waals surface area (Å²) in [6, 6.07) is 0. The molecule has 1 amide bonds. The molecule has 0 aliphatic heterocycles. The highest BCUT2D eigenvalue weighted by molar-refractivity contribution is 6.34. The first kappa shape index (κ1) is 11.0. The number of carbonyl (C=O) groups is 1. The fraction of sp³-hybridized carbons (Fsp3) is 0.200. The number of halogens is 1. The van der Waals surface area contributed by atoms with Gasteiger partial charge in [0.2, 0.25) is 0 Å². The van der Waals surface area contributed by atoms with Crippen molar-refractivity contribution in [1.82, 2.24) is 19.6 Å². The van der Waals surface area contributed by atoms with Crippen molar-refractivity contribution in [2.45, 2.75) is 13.3 Å². The Labute approximate surface area is 106 Å². The van der Waals surface area contributed by atoms with Crippen LogP contribution in [0.1, 0.15) is 17.1 Å². The van der Waals surface area contributed by atoms with Gasteiger partial charge in [-0.25, -0.2) is 0 Å². The van der Waals surface area contributed by atoms with Crippen LogP contribution in [0.25, 0.3) is 11.4 Å². The molecule has 0 saturated carbocycles. The molecule has 2 heterocycles. The number of fused-ring (bicyclic) bond motifs is 3. The lowest BCUT2D eigenvalue weighted by atomic mass is 10.1. The third-order valence-electron chi connectivity index (χ3n) is 2.95. The first-order valence-corrected chi connectivity index (χ1v) is 5.57. The Morgan fingerprint density at radius 2 is 2.17 bits per heavy atom. The summed E-state index contributed by atoms with van der Waals surface area (Å²) < 4.78 is 1.73. The van der Waals surface area contributed by atoms with E-state index < -0.39 is 5.91 Å². The zero-order chi connectivity index (χ0) is 13.0.